The molecule has 160 valence electrons. The normalized spacial score (nSPS) is 16.2. The zero-order chi connectivity index (χ0) is 21.0. The fourth-order valence-electron chi connectivity index (χ4n) is 4.06. The maximum Gasteiger partial charge on any atom is 0.243 e. The summed E-state index contributed by atoms with van der Waals surface area (Å²) in [5, 5.41) is 1.23. The highest BCUT2D eigenvalue weighted by Gasteiger charge is 2.30. The van der Waals surface area contributed by atoms with E-state index in [9.17, 15) is 8.42 Å². The topological polar surface area (TPSA) is 71.6 Å². The number of rotatable bonds is 8. The summed E-state index contributed by atoms with van der Waals surface area (Å²) < 4.78 is 38.5. The second kappa shape index (κ2) is 9.20. The summed E-state index contributed by atoms with van der Waals surface area (Å²) in [4.78, 5) is 3.64. The van der Waals surface area contributed by atoms with Gasteiger partial charge in [0.15, 0.2) is 0 Å². The van der Waals surface area contributed by atoms with Gasteiger partial charge in [-0.3, -0.25) is 0 Å². The summed E-state index contributed by atoms with van der Waals surface area (Å²) in [6.07, 6.45) is 3.71. The quantitative estimate of drug-likeness (QED) is 0.547. The number of ether oxygens (including phenoxy) is 2. The van der Waals surface area contributed by atoms with Gasteiger partial charge in [0.05, 0.1) is 11.5 Å². The van der Waals surface area contributed by atoms with Gasteiger partial charge < -0.3 is 14.5 Å². The Morgan fingerprint density at radius 3 is 2.50 bits per heavy atom. The van der Waals surface area contributed by atoms with E-state index in [1.165, 1.54) is 10.9 Å². The molecule has 0 saturated carbocycles. The summed E-state index contributed by atoms with van der Waals surface area (Å²) in [6.45, 7) is 4.60. The van der Waals surface area contributed by atoms with Gasteiger partial charge in [0.2, 0.25) is 10.0 Å². The molecule has 1 aliphatic heterocycles. The molecule has 6 nitrogen and oxygen atoms in total. The Morgan fingerprint density at radius 1 is 1.03 bits per heavy atom. The first kappa shape index (κ1) is 20.9. The van der Waals surface area contributed by atoms with Crippen LogP contribution < -0.4 is 4.74 Å². The van der Waals surface area contributed by atoms with Gasteiger partial charge in [-0.1, -0.05) is 18.2 Å². The molecule has 1 aliphatic rings. The first-order valence-electron chi connectivity index (χ1n) is 10.5. The van der Waals surface area contributed by atoms with E-state index in [2.05, 4.69) is 23.3 Å². The van der Waals surface area contributed by atoms with Gasteiger partial charge in [-0.25, -0.2) is 8.42 Å². The van der Waals surface area contributed by atoms with Crippen LogP contribution in [0.1, 0.15) is 31.2 Å². The molecule has 2 heterocycles. The fraction of sp³-hybridized carbons (Fsp3) is 0.391. The lowest BCUT2D eigenvalue weighted by molar-refractivity contribution is 0.110. The largest absolute Gasteiger partial charge is 0.491 e. The highest BCUT2D eigenvalue weighted by Crippen LogP contribution is 2.34. The molecule has 0 radical (unpaired) electrons. The van der Waals surface area contributed by atoms with Crippen LogP contribution in [0.2, 0.25) is 0 Å². The van der Waals surface area contributed by atoms with E-state index in [1.807, 2.05) is 19.1 Å². The average molecular weight is 429 g/mol. The van der Waals surface area contributed by atoms with Crippen LogP contribution in [0.4, 0.5) is 0 Å². The Hall–Kier alpha value is -2.35. The Bertz CT molecular complexity index is 1070. The van der Waals surface area contributed by atoms with Crippen molar-refractivity contribution >= 4 is 20.9 Å². The van der Waals surface area contributed by atoms with E-state index in [0.29, 0.717) is 49.5 Å². The van der Waals surface area contributed by atoms with Crippen LogP contribution in [0.25, 0.3) is 10.9 Å². The van der Waals surface area contributed by atoms with Gasteiger partial charge in [0.1, 0.15) is 12.4 Å². The van der Waals surface area contributed by atoms with Crippen LogP contribution >= 0.6 is 0 Å². The van der Waals surface area contributed by atoms with Crippen molar-refractivity contribution in [2.75, 3.05) is 32.9 Å². The molecule has 4 rings (SSSR count). The van der Waals surface area contributed by atoms with Crippen LogP contribution in [0.15, 0.2) is 59.6 Å². The van der Waals surface area contributed by atoms with Crippen LogP contribution in [0.5, 0.6) is 5.75 Å². The molecule has 0 aliphatic carbocycles. The summed E-state index contributed by atoms with van der Waals surface area (Å²) in [6, 6.07) is 14.9. The van der Waals surface area contributed by atoms with E-state index in [4.69, 9.17) is 9.47 Å². The molecule has 0 bridgehead atoms. The van der Waals surface area contributed by atoms with Crippen LogP contribution in [0, 0.1) is 0 Å². The SMILES string of the molecule is CCOCCOc1ccc(S(=O)(=O)N2CCC(c3c[nH]c4ccccc34)CC2)cc1. The third-order valence-corrected chi connectivity index (χ3v) is 7.59. The number of H-pyrrole nitrogens is 1. The van der Waals surface area contributed by atoms with Gasteiger partial charge >= 0.3 is 0 Å². The van der Waals surface area contributed by atoms with E-state index in [0.717, 1.165) is 18.4 Å². The third-order valence-electron chi connectivity index (χ3n) is 5.68. The molecule has 0 atom stereocenters. The number of hydrogen-bond acceptors (Lipinski definition) is 4. The van der Waals surface area contributed by atoms with Crippen LogP contribution in [0.3, 0.4) is 0 Å². The number of nitrogens with one attached hydrogen (secondary N) is 1. The molecule has 1 N–H and O–H groups in total. The monoisotopic (exact) mass is 428 g/mol. The van der Waals surface area contributed by atoms with Crippen molar-refractivity contribution in [2.45, 2.75) is 30.6 Å². The van der Waals surface area contributed by atoms with Crippen molar-refractivity contribution in [3.63, 3.8) is 0 Å². The molecule has 0 spiro atoms. The smallest absolute Gasteiger partial charge is 0.243 e. The summed E-state index contributed by atoms with van der Waals surface area (Å²) in [7, 11) is -3.50. The summed E-state index contributed by atoms with van der Waals surface area (Å²) in [5.41, 5.74) is 2.42. The Balaban J connectivity index is 1.39. The highest BCUT2D eigenvalue weighted by atomic mass is 32.2. The molecule has 30 heavy (non-hydrogen) atoms. The number of aromatic nitrogens is 1. The number of nitrogens with zero attached hydrogens (tertiary/aromatic N) is 1. The minimum absolute atomic E-state index is 0.310. The Kier molecular flexibility index (Phi) is 6.41. The minimum Gasteiger partial charge on any atom is -0.491 e. The first-order valence-corrected chi connectivity index (χ1v) is 11.9. The van der Waals surface area contributed by atoms with Crippen LogP contribution in [-0.4, -0.2) is 50.6 Å². The maximum absolute atomic E-state index is 13.1. The van der Waals surface area contributed by atoms with Crippen LogP contribution in [-0.2, 0) is 14.8 Å². The molecule has 3 aromatic rings. The van der Waals surface area contributed by atoms with E-state index < -0.39 is 10.0 Å². The zero-order valence-electron chi connectivity index (χ0n) is 17.2. The number of sulfonamides is 1. The van der Waals surface area contributed by atoms with E-state index in [-0.39, 0.29) is 0 Å². The number of hydrogen-bond donors (Lipinski definition) is 1. The number of piperidine rings is 1. The molecular weight excluding hydrogens is 400 g/mol. The number of aromatic amines is 1. The highest BCUT2D eigenvalue weighted by molar-refractivity contribution is 7.89. The Morgan fingerprint density at radius 2 is 1.77 bits per heavy atom. The zero-order valence-corrected chi connectivity index (χ0v) is 18.0. The predicted molar refractivity (Wildman–Crippen MR) is 117 cm³/mol. The molecule has 1 aromatic heterocycles. The van der Waals surface area contributed by atoms with Gasteiger partial charge in [-0.15, -0.1) is 0 Å². The van der Waals surface area contributed by atoms with Crippen molar-refractivity contribution in [1.82, 2.24) is 9.29 Å². The first-order chi connectivity index (χ1) is 14.6. The van der Waals surface area contributed by atoms with Crippen molar-refractivity contribution in [3.8, 4) is 5.75 Å². The number of benzene rings is 2. The fourth-order valence-corrected chi connectivity index (χ4v) is 5.53. The maximum atomic E-state index is 13.1. The lowest BCUT2D eigenvalue weighted by Crippen LogP contribution is -2.37. The second-order valence-corrected chi connectivity index (χ2v) is 9.42. The van der Waals surface area contributed by atoms with Crippen molar-refractivity contribution in [3.05, 3.63) is 60.3 Å². The lowest BCUT2D eigenvalue weighted by atomic mass is 9.90. The standard InChI is InChI=1S/C23H28N2O4S/c1-2-28-15-16-29-19-7-9-20(10-8-19)30(26,27)25-13-11-18(12-14-25)22-17-24-23-6-4-3-5-21(22)23/h3-10,17-18,24H,2,11-16H2,1H3. The molecule has 2 aromatic carbocycles. The van der Waals surface area contributed by atoms with Crippen molar-refractivity contribution in [2.24, 2.45) is 0 Å². The number of fused-ring (bicyclic) bond motifs is 1. The van der Waals surface area contributed by atoms with E-state index in [1.54, 1.807) is 28.6 Å². The minimum atomic E-state index is -3.50. The molecule has 0 amide bonds. The Labute approximate surface area is 177 Å². The molecule has 1 fully saturated rings. The summed E-state index contributed by atoms with van der Waals surface area (Å²) >= 11 is 0. The lowest BCUT2D eigenvalue weighted by Gasteiger charge is -2.31. The molecule has 7 heteroatoms. The van der Waals surface area contributed by atoms with E-state index >= 15 is 0 Å². The third kappa shape index (κ3) is 4.38. The summed E-state index contributed by atoms with van der Waals surface area (Å²) in [5.74, 6) is 1.01. The van der Waals surface area contributed by atoms with Gasteiger partial charge in [-0.05, 0) is 61.6 Å². The second-order valence-electron chi connectivity index (χ2n) is 7.48. The molecular formula is C23H28N2O4S. The predicted octanol–water partition coefficient (Wildman–Crippen LogP) is 4.15. The van der Waals surface area contributed by atoms with Gasteiger partial charge in [-0.2, -0.15) is 4.31 Å². The molecule has 0 unspecified atom stereocenters. The van der Waals surface area contributed by atoms with Crippen molar-refractivity contribution in [1.29, 1.82) is 0 Å². The van der Waals surface area contributed by atoms with Crippen molar-refractivity contribution < 1.29 is 17.9 Å². The van der Waals surface area contributed by atoms with Gasteiger partial charge in [0, 0.05) is 36.8 Å². The average Bonchev–Trinajstić information content (AvgIpc) is 3.21. The van der Waals surface area contributed by atoms with Gasteiger partial charge in [0.25, 0.3) is 0 Å². The molecule has 1 saturated heterocycles. The number of para-hydroxylation sites is 1.